The van der Waals surface area contributed by atoms with Crippen molar-refractivity contribution < 1.29 is 19.5 Å². The molecule has 1 fully saturated rings. The Labute approximate surface area is 156 Å². The predicted octanol–water partition coefficient (Wildman–Crippen LogP) is 1.82. The highest BCUT2D eigenvalue weighted by Gasteiger charge is 2.31. The Morgan fingerprint density at radius 3 is 2.56 bits per heavy atom. The second kappa shape index (κ2) is 8.48. The van der Waals surface area contributed by atoms with Gasteiger partial charge in [0.05, 0.1) is 18.2 Å². The summed E-state index contributed by atoms with van der Waals surface area (Å²) >= 11 is 0. The van der Waals surface area contributed by atoms with Crippen molar-refractivity contribution in [1.82, 2.24) is 15.1 Å². The molecule has 0 radical (unpaired) electrons. The van der Waals surface area contributed by atoms with Crippen molar-refractivity contribution in [2.75, 3.05) is 11.9 Å². The molecule has 0 aliphatic heterocycles. The normalized spacial score (nSPS) is 19.3. The van der Waals surface area contributed by atoms with Gasteiger partial charge in [-0.15, -0.1) is 0 Å². The van der Waals surface area contributed by atoms with Gasteiger partial charge in [0.1, 0.15) is 0 Å². The molecule has 0 spiro atoms. The van der Waals surface area contributed by atoms with E-state index in [2.05, 4.69) is 15.7 Å². The van der Waals surface area contributed by atoms with Crippen LogP contribution in [-0.2, 0) is 14.4 Å². The zero-order valence-corrected chi connectivity index (χ0v) is 14.8. The number of carbonyl (C=O) groups is 3. The molecule has 8 heteroatoms. The number of carboxylic acids is 1. The van der Waals surface area contributed by atoms with Crippen LogP contribution >= 0.6 is 0 Å². The molecule has 3 N–H and O–H groups in total. The van der Waals surface area contributed by atoms with Crippen molar-refractivity contribution in [3.05, 3.63) is 42.7 Å². The lowest BCUT2D eigenvalue weighted by atomic mass is 9.81. The van der Waals surface area contributed by atoms with Crippen LogP contribution in [0, 0.1) is 11.8 Å². The topological polar surface area (TPSA) is 113 Å². The van der Waals surface area contributed by atoms with Crippen LogP contribution in [0.4, 0.5) is 5.69 Å². The first kappa shape index (κ1) is 18.6. The van der Waals surface area contributed by atoms with E-state index in [0.29, 0.717) is 31.4 Å². The van der Waals surface area contributed by atoms with E-state index in [1.54, 1.807) is 23.0 Å². The Morgan fingerprint density at radius 2 is 1.89 bits per heavy atom. The van der Waals surface area contributed by atoms with Crippen LogP contribution in [0.1, 0.15) is 25.7 Å². The first-order valence-electron chi connectivity index (χ1n) is 8.93. The molecule has 2 unspecified atom stereocenters. The lowest BCUT2D eigenvalue weighted by Gasteiger charge is -2.25. The van der Waals surface area contributed by atoms with Gasteiger partial charge >= 0.3 is 5.97 Å². The predicted molar refractivity (Wildman–Crippen MR) is 98.3 cm³/mol. The van der Waals surface area contributed by atoms with Crippen molar-refractivity contribution in [2.45, 2.75) is 25.7 Å². The van der Waals surface area contributed by atoms with Crippen molar-refractivity contribution in [2.24, 2.45) is 11.8 Å². The number of anilines is 1. The Hall–Kier alpha value is -3.16. The van der Waals surface area contributed by atoms with Crippen LogP contribution in [-0.4, -0.2) is 39.2 Å². The molecule has 2 amide bonds. The number of aromatic nitrogens is 2. The molecule has 3 rings (SSSR count). The number of hydrogen-bond acceptors (Lipinski definition) is 4. The molecule has 0 bridgehead atoms. The monoisotopic (exact) mass is 370 g/mol. The third-order valence-corrected chi connectivity index (χ3v) is 4.74. The molecular weight excluding hydrogens is 348 g/mol. The maximum Gasteiger partial charge on any atom is 0.306 e. The number of nitrogens with one attached hydrogen (secondary N) is 2. The third kappa shape index (κ3) is 4.93. The zero-order valence-electron chi connectivity index (χ0n) is 14.8. The summed E-state index contributed by atoms with van der Waals surface area (Å²) in [5.41, 5.74) is 1.49. The minimum atomic E-state index is -0.858. The molecule has 1 saturated carbocycles. The molecule has 27 heavy (non-hydrogen) atoms. The highest BCUT2D eigenvalue weighted by Crippen LogP contribution is 2.29. The van der Waals surface area contributed by atoms with Crippen LogP contribution in [0.25, 0.3) is 5.69 Å². The molecule has 2 atom stereocenters. The number of aliphatic carboxylic acids is 1. The van der Waals surface area contributed by atoms with E-state index in [4.69, 9.17) is 5.11 Å². The van der Waals surface area contributed by atoms with Crippen molar-refractivity contribution in [3.8, 4) is 5.69 Å². The lowest BCUT2D eigenvalue weighted by molar-refractivity contribution is -0.144. The molecule has 1 aromatic heterocycles. The van der Waals surface area contributed by atoms with Crippen LogP contribution in [0.3, 0.4) is 0 Å². The summed E-state index contributed by atoms with van der Waals surface area (Å²) in [6, 6.07) is 9.00. The number of carbonyl (C=O) groups excluding carboxylic acids is 2. The summed E-state index contributed by atoms with van der Waals surface area (Å²) in [4.78, 5) is 35.3. The van der Waals surface area contributed by atoms with E-state index in [1.165, 1.54) is 0 Å². The Morgan fingerprint density at radius 1 is 1.15 bits per heavy atom. The van der Waals surface area contributed by atoms with E-state index in [-0.39, 0.29) is 24.3 Å². The first-order valence-corrected chi connectivity index (χ1v) is 8.93. The van der Waals surface area contributed by atoms with E-state index in [9.17, 15) is 14.4 Å². The molecular formula is C19H22N4O4. The molecule has 142 valence electrons. The standard InChI is InChI=1S/C19H22N4O4/c24-17(12-20-18(25)13-3-1-4-14(11-13)19(26)27)22-15-5-7-16(8-6-15)23-10-2-9-21-23/h2,5-10,13-14H,1,3-4,11-12H2,(H,20,25)(H,22,24)(H,26,27). The van der Waals surface area contributed by atoms with Crippen molar-refractivity contribution in [1.29, 1.82) is 0 Å². The summed E-state index contributed by atoms with van der Waals surface area (Å²) in [5, 5.41) is 18.6. The summed E-state index contributed by atoms with van der Waals surface area (Å²) in [6.45, 7) is -0.145. The van der Waals surface area contributed by atoms with Gasteiger partial charge in [0.25, 0.3) is 0 Å². The molecule has 8 nitrogen and oxygen atoms in total. The highest BCUT2D eigenvalue weighted by molar-refractivity contribution is 5.94. The minimum absolute atomic E-state index is 0.145. The van der Waals surface area contributed by atoms with E-state index < -0.39 is 11.9 Å². The van der Waals surface area contributed by atoms with Crippen molar-refractivity contribution in [3.63, 3.8) is 0 Å². The van der Waals surface area contributed by atoms with Gasteiger partial charge in [-0.05, 0) is 49.6 Å². The fraction of sp³-hybridized carbons (Fsp3) is 0.368. The number of hydrogen-bond donors (Lipinski definition) is 3. The number of carboxylic acid groups (broad SMARTS) is 1. The first-order chi connectivity index (χ1) is 13.0. The molecule has 1 aliphatic rings. The van der Waals surface area contributed by atoms with Gasteiger partial charge in [-0.1, -0.05) is 6.42 Å². The summed E-state index contributed by atoms with van der Waals surface area (Å²) in [5.74, 6) is -2.27. The average molecular weight is 370 g/mol. The fourth-order valence-corrected chi connectivity index (χ4v) is 3.29. The Bertz CT molecular complexity index is 802. The highest BCUT2D eigenvalue weighted by atomic mass is 16.4. The lowest BCUT2D eigenvalue weighted by Crippen LogP contribution is -2.39. The van der Waals surface area contributed by atoms with Gasteiger partial charge in [0.15, 0.2) is 0 Å². The molecule has 0 saturated heterocycles. The number of rotatable bonds is 6. The Kier molecular flexibility index (Phi) is 5.85. The van der Waals surface area contributed by atoms with Crippen LogP contribution in [0.15, 0.2) is 42.7 Å². The summed E-state index contributed by atoms with van der Waals surface area (Å²) in [6.07, 6.45) is 5.81. The van der Waals surface area contributed by atoms with Gasteiger partial charge in [-0.3, -0.25) is 14.4 Å². The van der Waals surface area contributed by atoms with Gasteiger partial charge in [-0.25, -0.2) is 4.68 Å². The van der Waals surface area contributed by atoms with Gasteiger partial charge < -0.3 is 15.7 Å². The molecule has 1 heterocycles. The van der Waals surface area contributed by atoms with E-state index in [0.717, 1.165) is 5.69 Å². The average Bonchev–Trinajstić information content (AvgIpc) is 3.21. The maximum atomic E-state index is 12.2. The minimum Gasteiger partial charge on any atom is -0.481 e. The number of benzene rings is 1. The second-order valence-corrected chi connectivity index (χ2v) is 6.66. The van der Waals surface area contributed by atoms with Crippen LogP contribution in [0.5, 0.6) is 0 Å². The largest absolute Gasteiger partial charge is 0.481 e. The molecule has 2 aromatic rings. The molecule has 1 aromatic carbocycles. The quantitative estimate of drug-likeness (QED) is 0.718. The van der Waals surface area contributed by atoms with Crippen LogP contribution < -0.4 is 10.6 Å². The van der Waals surface area contributed by atoms with Gasteiger partial charge in [0, 0.05) is 24.0 Å². The van der Waals surface area contributed by atoms with Gasteiger partial charge in [-0.2, -0.15) is 5.10 Å². The smallest absolute Gasteiger partial charge is 0.306 e. The maximum absolute atomic E-state index is 12.2. The van der Waals surface area contributed by atoms with E-state index in [1.807, 2.05) is 24.4 Å². The molecule has 1 aliphatic carbocycles. The van der Waals surface area contributed by atoms with Crippen LogP contribution in [0.2, 0.25) is 0 Å². The Balaban J connectivity index is 1.46. The van der Waals surface area contributed by atoms with E-state index >= 15 is 0 Å². The number of amides is 2. The second-order valence-electron chi connectivity index (χ2n) is 6.66. The SMILES string of the molecule is O=C(CNC(=O)C1CCCC(C(=O)O)C1)Nc1ccc(-n2cccn2)cc1. The third-order valence-electron chi connectivity index (χ3n) is 4.74. The zero-order chi connectivity index (χ0) is 19.2. The summed E-state index contributed by atoms with van der Waals surface area (Å²) in [7, 11) is 0. The van der Waals surface area contributed by atoms with Gasteiger partial charge in [0.2, 0.25) is 11.8 Å². The fourth-order valence-electron chi connectivity index (χ4n) is 3.29. The number of nitrogens with zero attached hydrogens (tertiary/aromatic N) is 2. The van der Waals surface area contributed by atoms with Crippen molar-refractivity contribution >= 4 is 23.5 Å². The summed E-state index contributed by atoms with van der Waals surface area (Å²) < 4.78 is 1.71.